The van der Waals surface area contributed by atoms with Crippen molar-refractivity contribution >= 4 is 11.5 Å². The SMILES string of the molecule is Cc1ccc(C)c(C(O)c2snnc2C)c1. The molecule has 0 saturated heterocycles. The van der Waals surface area contributed by atoms with Crippen LogP contribution in [-0.2, 0) is 0 Å². The zero-order valence-corrected chi connectivity index (χ0v) is 10.4. The van der Waals surface area contributed by atoms with E-state index in [1.54, 1.807) is 0 Å². The van der Waals surface area contributed by atoms with E-state index in [9.17, 15) is 5.11 Å². The van der Waals surface area contributed by atoms with Crippen molar-refractivity contribution < 1.29 is 5.11 Å². The summed E-state index contributed by atoms with van der Waals surface area (Å²) in [5.41, 5.74) is 3.98. The number of aliphatic hydroxyl groups is 1. The first-order chi connectivity index (χ1) is 7.59. The highest BCUT2D eigenvalue weighted by atomic mass is 32.1. The van der Waals surface area contributed by atoms with Crippen molar-refractivity contribution in [2.75, 3.05) is 0 Å². The lowest BCUT2D eigenvalue weighted by Gasteiger charge is -2.13. The van der Waals surface area contributed by atoms with Crippen LogP contribution < -0.4 is 0 Å². The highest BCUT2D eigenvalue weighted by Crippen LogP contribution is 2.29. The molecule has 1 unspecified atom stereocenters. The van der Waals surface area contributed by atoms with Gasteiger partial charge in [-0.15, -0.1) is 5.10 Å². The van der Waals surface area contributed by atoms with E-state index in [2.05, 4.69) is 9.59 Å². The Morgan fingerprint density at radius 2 is 2.00 bits per heavy atom. The van der Waals surface area contributed by atoms with E-state index >= 15 is 0 Å². The van der Waals surface area contributed by atoms with Gasteiger partial charge in [0.05, 0.1) is 10.6 Å². The molecule has 4 heteroatoms. The number of hydrogen-bond donors (Lipinski definition) is 1. The van der Waals surface area contributed by atoms with Gasteiger partial charge >= 0.3 is 0 Å². The maximum absolute atomic E-state index is 10.3. The molecular weight excluding hydrogens is 220 g/mol. The number of nitrogens with zero attached hydrogens (tertiary/aromatic N) is 2. The van der Waals surface area contributed by atoms with Gasteiger partial charge in [-0.25, -0.2) is 0 Å². The second-order valence-corrected chi connectivity index (χ2v) is 4.77. The van der Waals surface area contributed by atoms with Gasteiger partial charge in [0.2, 0.25) is 0 Å². The summed E-state index contributed by atoms with van der Waals surface area (Å²) in [5, 5.41) is 14.2. The molecule has 1 N–H and O–H groups in total. The number of aliphatic hydroxyl groups excluding tert-OH is 1. The van der Waals surface area contributed by atoms with Crippen molar-refractivity contribution in [1.29, 1.82) is 0 Å². The third-order valence-electron chi connectivity index (χ3n) is 2.66. The summed E-state index contributed by atoms with van der Waals surface area (Å²) in [6, 6.07) is 6.08. The number of aromatic nitrogens is 2. The minimum atomic E-state index is -0.611. The summed E-state index contributed by atoms with van der Waals surface area (Å²) >= 11 is 1.26. The fourth-order valence-electron chi connectivity index (χ4n) is 1.68. The van der Waals surface area contributed by atoms with Crippen LogP contribution in [0, 0.1) is 20.8 Å². The highest BCUT2D eigenvalue weighted by molar-refractivity contribution is 7.05. The maximum atomic E-state index is 10.3. The zero-order chi connectivity index (χ0) is 11.7. The fourth-order valence-corrected chi connectivity index (χ4v) is 2.34. The lowest BCUT2D eigenvalue weighted by molar-refractivity contribution is 0.222. The van der Waals surface area contributed by atoms with Crippen molar-refractivity contribution in [2.24, 2.45) is 0 Å². The van der Waals surface area contributed by atoms with Crippen LogP contribution in [0.25, 0.3) is 0 Å². The van der Waals surface area contributed by atoms with Crippen LogP contribution in [-0.4, -0.2) is 14.7 Å². The molecule has 0 saturated carbocycles. The highest BCUT2D eigenvalue weighted by Gasteiger charge is 2.18. The number of aryl methyl sites for hydroxylation is 3. The minimum Gasteiger partial charge on any atom is -0.383 e. The van der Waals surface area contributed by atoms with Crippen molar-refractivity contribution in [3.8, 4) is 0 Å². The van der Waals surface area contributed by atoms with E-state index in [-0.39, 0.29) is 0 Å². The molecule has 1 aromatic heterocycles. The number of benzene rings is 1. The molecule has 2 aromatic rings. The van der Waals surface area contributed by atoms with Crippen molar-refractivity contribution in [3.05, 3.63) is 45.5 Å². The van der Waals surface area contributed by atoms with E-state index in [0.29, 0.717) is 0 Å². The van der Waals surface area contributed by atoms with Crippen LogP contribution in [0.1, 0.15) is 33.4 Å². The Bertz CT molecular complexity index is 507. The second kappa shape index (κ2) is 4.31. The summed E-state index contributed by atoms with van der Waals surface area (Å²) in [6.45, 7) is 5.89. The third-order valence-corrected chi connectivity index (χ3v) is 3.54. The van der Waals surface area contributed by atoms with Gasteiger partial charge in [0.1, 0.15) is 6.10 Å². The first kappa shape index (κ1) is 11.2. The van der Waals surface area contributed by atoms with E-state index < -0.39 is 6.10 Å². The molecule has 0 aliphatic rings. The predicted molar refractivity (Wildman–Crippen MR) is 64.6 cm³/mol. The number of rotatable bonds is 2. The van der Waals surface area contributed by atoms with Crippen molar-refractivity contribution in [3.63, 3.8) is 0 Å². The molecule has 0 amide bonds. The van der Waals surface area contributed by atoms with Gasteiger partial charge in [0.15, 0.2) is 0 Å². The molecule has 0 aliphatic carbocycles. The van der Waals surface area contributed by atoms with Crippen LogP contribution in [0.5, 0.6) is 0 Å². The maximum Gasteiger partial charge on any atom is 0.117 e. The Hall–Kier alpha value is -1.26. The largest absolute Gasteiger partial charge is 0.383 e. The number of hydrogen-bond acceptors (Lipinski definition) is 4. The molecule has 84 valence electrons. The summed E-state index contributed by atoms with van der Waals surface area (Å²) in [6.07, 6.45) is -0.611. The molecule has 1 heterocycles. The molecule has 0 fully saturated rings. The fraction of sp³-hybridized carbons (Fsp3) is 0.333. The summed E-state index contributed by atoms with van der Waals surface area (Å²) < 4.78 is 3.85. The van der Waals surface area contributed by atoms with Crippen LogP contribution in [0.3, 0.4) is 0 Å². The molecule has 0 bridgehead atoms. The van der Waals surface area contributed by atoms with Crippen LogP contribution in [0.15, 0.2) is 18.2 Å². The molecule has 0 aliphatic heterocycles. The Balaban J connectivity index is 2.45. The van der Waals surface area contributed by atoms with E-state index in [1.165, 1.54) is 11.5 Å². The lowest BCUT2D eigenvalue weighted by atomic mass is 9.99. The smallest absolute Gasteiger partial charge is 0.117 e. The van der Waals surface area contributed by atoms with Crippen LogP contribution >= 0.6 is 11.5 Å². The van der Waals surface area contributed by atoms with Crippen molar-refractivity contribution in [2.45, 2.75) is 26.9 Å². The first-order valence-electron chi connectivity index (χ1n) is 5.13. The van der Waals surface area contributed by atoms with E-state index in [1.807, 2.05) is 39.0 Å². The Kier molecular flexibility index (Phi) is 3.03. The molecule has 0 spiro atoms. The second-order valence-electron chi connectivity index (χ2n) is 3.99. The topological polar surface area (TPSA) is 46.0 Å². The average molecular weight is 234 g/mol. The molecular formula is C12H14N2OS. The molecule has 3 nitrogen and oxygen atoms in total. The van der Waals surface area contributed by atoms with Gasteiger partial charge in [-0.2, -0.15) is 0 Å². The molecule has 0 radical (unpaired) electrons. The quantitative estimate of drug-likeness (QED) is 0.868. The summed E-state index contributed by atoms with van der Waals surface area (Å²) in [5.74, 6) is 0. The van der Waals surface area contributed by atoms with Crippen LogP contribution in [0.4, 0.5) is 0 Å². The predicted octanol–water partition coefficient (Wildman–Crippen LogP) is 2.55. The normalized spacial score (nSPS) is 12.8. The van der Waals surface area contributed by atoms with E-state index in [0.717, 1.165) is 27.3 Å². The van der Waals surface area contributed by atoms with Gasteiger partial charge in [-0.05, 0) is 43.4 Å². The monoisotopic (exact) mass is 234 g/mol. The lowest BCUT2D eigenvalue weighted by Crippen LogP contribution is -2.02. The third kappa shape index (κ3) is 1.99. The van der Waals surface area contributed by atoms with Gasteiger partial charge < -0.3 is 5.11 Å². The standard InChI is InChI=1S/C12H14N2OS/c1-7-4-5-8(2)10(6-7)11(15)12-9(3)13-14-16-12/h4-6,11,15H,1-3H3. The Labute approximate surface area is 98.9 Å². The molecule has 16 heavy (non-hydrogen) atoms. The van der Waals surface area contributed by atoms with Gasteiger partial charge in [0, 0.05) is 0 Å². The minimum absolute atomic E-state index is 0.611. The zero-order valence-electron chi connectivity index (χ0n) is 9.56. The van der Waals surface area contributed by atoms with Crippen molar-refractivity contribution in [1.82, 2.24) is 9.59 Å². The first-order valence-corrected chi connectivity index (χ1v) is 5.91. The van der Waals surface area contributed by atoms with Gasteiger partial charge in [0.25, 0.3) is 0 Å². The van der Waals surface area contributed by atoms with E-state index in [4.69, 9.17) is 0 Å². The molecule has 1 aromatic carbocycles. The summed E-state index contributed by atoms with van der Waals surface area (Å²) in [7, 11) is 0. The van der Waals surface area contributed by atoms with Gasteiger partial charge in [-0.3, -0.25) is 0 Å². The van der Waals surface area contributed by atoms with Crippen LogP contribution in [0.2, 0.25) is 0 Å². The Morgan fingerprint density at radius 3 is 2.62 bits per heavy atom. The average Bonchev–Trinajstić information content (AvgIpc) is 2.67. The molecule has 1 atom stereocenters. The Morgan fingerprint density at radius 1 is 1.25 bits per heavy atom. The molecule has 2 rings (SSSR count). The summed E-state index contributed by atoms with van der Waals surface area (Å²) in [4.78, 5) is 0.828. The van der Waals surface area contributed by atoms with Gasteiger partial charge in [-0.1, -0.05) is 28.3 Å².